The van der Waals surface area contributed by atoms with Crippen molar-refractivity contribution in [3.63, 3.8) is 0 Å². The zero-order valence-corrected chi connectivity index (χ0v) is 17.1. The summed E-state index contributed by atoms with van der Waals surface area (Å²) in [6.45, 7) is 9.16. The minimum Gasteiger partial charge on any atom is -0.489 e. The Morgan fingerprint density at radius 1 is 1.04 bits per heavy atom. The van der Waals surface area contributed by atoms with Gasteiger partial charge in [-0.3, -0.25) is 4.79 Å². The second kappa shape index (κ2) is 10.3. The third kappa shape index (κ3) is 6.10. The van der Waals surface area contributed by atoms with Gasteiger partial charge in [-0.1, -0.05) is 50.2 Å². The number of rotatable bonds is 8. The maximum Gasteiger partial charge on any atom is 0.251 e. The van der Waals surface area contributed by atoms with Crippen molar-refractivity contribution >= 4 is 5.91 Å². The molecule has 0 aromatic heterocycles. The third-order valence-corrected chi connectivity index (χ3v) is 5.28. The highest BCUT2D eigenvalue weighted by atomic mass is 16.5. The second-order valence-corrected chi connectivity index (χ2v) is 8.07. The van der Waals surface area contributed by atoms with Crippen LogP contribution in [0.5, 0.6) is 5.75 Å². The van der Waals surface area contributed by atoms with Gasteiger partial charge < -0.3 is 15.0 Å². The summed E-state index contributed by atoms with van der Waals surface area (Å²) in [5.41, 5.74) is 1.60. The van der Waals surface area contributed by atoms with E-state index in [-0.39, 0.29) is 5.91 Å². The fourth-order valence-corrected chi connectivity index (χ4v) is 4.12. The number of carbonyl (C=O) groups is 1. The predicted molar refractivity (Wildman–Crippen MR) is 114 cm³/mol. The lowest BCUT2D eigenvalue weighted by molar-refractivity contribution is 0.0945. The van der Waals surface area contributed by atoms with Crippen molar-refractivity contribution < 1.29 is 9.53 Å². The van der Waals surface area contributed by atoms with Crippen LogP contribution in [0.2, 0.25) is 0 Å². The lowest BCUT2D eigenvalue weighted by Crippen LogP contribution is -2.40. The molecule has 0 bridgehead atoms. The van der Waals surface area contributed by atoms with E-state index in [0.29, 0.717) is 18.7 Å². The van der Waals surface area contributed by atoms with Gasteiger partial charge in [0.25, 0.3) is 5.91 Å². The van der Waals surface area contributed by atoms with Crippen LogP contribution in [0.15, 0.2) is 54.6 Å². The highest BCUT2D eigenvalue weighted by molar-refractivity contribution is 5.95. The summed E-state index contributed by atoms with van der Waals surface area (Å²) >= 11 is 0. The molecular weight excluding hydrogens is 348 g/mol. The minimum atomic E-state index is -0.0207. The van der Waals surface area contributed by atoms with Crippen molar-refractivity contribution in [1.29, 1.82) is 0 Å². The highest BCUT2D eigenvalue weighted by Crippen LogP contribution is 2.20. The van der Waals surface area contributed by atoms with Crippen LogP contribution in [-0.4, -0.2) is 37.0 Å². The fourth-order valence-electron chi connectivity index (χ4n) is 4.12. The summed E-state index contributed by atoms with van der Waals surface area (Å²) < 4.78 is 5.82. The van der Waals surface area contributed by atoms with Gasteiger partial charge in [-0.25, -0.2) is 0 Å². The second-order valence-electron chi connectivity index (χ2n) is 8.07. The van der Waals surface area contributed by atoms with E-state index >= 15 is 0 Å². The van der Waals surface area contributed by atoms with Gasteiger partial charge in [-0.15, -0.1) is 0 Å². The summed E-state index contributed by atoms with van der Waals surface area (Å²) in [4.78, 5) is 15.2. The van der Waals surface area contributed by atoms with Gasteiger partial charge in [0.1, 0.15) is 12.4 Å². The summed E-state index contributed by atoms with van der Waals surface area (Å²) in [6.07, 6.45) is 2.31. The number of hydrogen-bond donors (Lipinski definition) is 1. The van der Waals surface area contributed by atoms with Crippen molar-refractivity contribution in [2.45, 2.75) is 33.3 Å². The molecule has 1 heterocycles. The van der Waals surface area contributed by atoms with Crippen LogP contribution in [0, 0.1) is 11.8 Å². The van der Waals surface area contributed by atoms with Crippen LogP contribution in [0.4, 0.5) is 0 Å². The third-order valence-electron chi connectivity index (χ3n) is 5.28. The Balaban J connectivity index is 1.46. The van der Waals surface area contributed by atoms with Crippen molar-refractivity contribution in [2.75, 3.05) is 26.2 Å². The Morgan fingerprint density at radius 3 is 2.46 bits per heavy atom. The lowest BCUT2D eigenvalue weighted by atomic mass is 9.92. The number of benzene rings is 2. The largest absolute Gasteiger partial charge is 0.489 e. The number of piperidine rings is 1. The van der Waals surface area contributed by atoms with Gasteiger partial charge in [0.2, 0.25) is 0 Å². The van der Waals surface area contributed by atoms with Crippen LogP contribution in [-0.2, 0) is 6.61 Å². The zero-order valence-electron chi connectivity index (χ0n) is 17.1. The maximum atomic E-state index is 12.7. The van der Waals surface area contributed by atoms with Crippen LogP contribution in [0.25, 0.3) is 0 Å². The van der Waals surface area contributed by atoms with E-state index in [0.717, 1.165) is 36.1 Å². The number of nitrogens with one attached hydrogen (secondary N) is 1. The number of hydrogen-bond acceptors (Lipinski definition) is 3. The SMILES string of the molecule is C[C@@H]1C[C@@H](C)CN(CCCNC(=O)c2ccccc2COc2ccccc2)C1. The molecule has 0 saturated carbocycles. The van der Waals surface area contributed by atoms with Crippen LogP contribution in [0.1, 0.15) is 42.6 Å². The van der Waals surface area contributed by atoms with Crippen molar-refractivity contribution in [2.24, 2.45) is 11.8 Å². The minimum absolute atomic E-state index is 0.0207. The number of amides is 1. The Bertz CT molecular complexity index is 737. The molecule has 0 spiro atoms. The molecule has 1 saturated heterocycles. The molecule has 4 nitrogen and oxygen atoms in total. The molecule has 0 aliphatic carbocycles. The summed E-state index contributed by atoms with van der Waals surface area (Å²) in [5, 5.41) is 3.08. The number of nitrogens with zero attached hydrogens (tertiary/aromatic N) is 1. The zero-order chi connectivity index (χ0) is 19.8. The molecule has 4 heteroatoms. The number of para-hydroxylation sites is 1. The Hall–Kier alpha value is -2.33. The Labute approximate surface area is 168 Å². The standard InChI is InChI=1S/C24H32N2O2/c1-19-15-20(2)17-26(16-19)14-8-13-25-24(27)23-12-7-6-9-21(23)18-28-22-10-4-3-5-11-22/h3-7,9-12,19-20H,8,13-18H2,1-2H3,(H,25,27)/t19-,20-/m1/s1. The average Bonchev–Trinajstić information content (AvgIpc) is 2.70. The number of carbonyl (C=O) groups excluding carboxylic acids is 1. The molecule has 150 valence electrons. The summed E-state index contributed by atoms with van der Waals surface area (Å²) in [6, 6.07) is 17.4. The first-order chi connectivity index (χ1) is 13.6. The predicted octanol–water partition coefficient (Wildman–Crippen LogP) is 4.36. The molecule has 2 aromatic carbocycles. The maximum absolute atomic E-state index is 12.7. The van der Waals surface area contributed by atoms with Crippen molar-refractivity contribution in [1.82, 2.24) is 10.2 Å². The van der Waals surface area contributed by atoms with Gasteiger partial charge in [0, 0.05) is 30.8 Å². The monoisotopic (exact) mass is 380 g/mol. The normalized spacial score (nSPS) is 19.9. The highest BCUT2D eigenvalue weighted by Gasteiger charge is 2.21. The van der Waals surface area contributed by atoms with E-state index in [9.17, 15) is 4.79 Å². The van der Waals surface area contributed by atoms with Crippen molar-refractivity contribution in [3.8, 4) is 5.75 Å². The molecule has 1 aliphatic heterocycles. The van der Waals surface area contributed by atoms with E-state index in [1.54, 1.807) is 0 Å². The summed E-state index contributed by atoms with van der Waals surface area (Å²) in [7, 11) is 0. The van der Waals surface area contributed by atoms with E-state index in [2.05, 4.69) is 24.1 Å². The molecule has 1 amide bonds. The molecular formula is C24H32N2O2. The van der Waals surface area contributed by atoms with Crippen molar-refractivity contribution in [3.05, 3.63) is 65.7 Å². The molecule has 2 aromatic rings. The van der Waals surface area contributed by atoms with Gasteiger partial charge >= 0.3 is 0 Å². The van der Waals surface area contributed by atoms with Crippen LogP contribution in [0.3, 0.4) is 0 Å². The average molecular weight is 381 g/mol. The molecule has 28 heavy (non-hydrogen) atoms. The van der Waals surface area contributed by atoms with E-state index in [1.165, 1.54) is 19.5 Å². The van der Waals surface area contributed by atoms with Gasteiger partial charge in [-0.2, -0.15) is 0 Å². The topological polar surface area (TPSA) is 41.6 Å². The number of likely N-dealkylation sites (tertiary alicyclic amines) is 1. The van der Waals surface area contributed by atoms with Gasteiger partial charge in [0.15, 0.2) is 0 Å². The molecule has 1 aliphatic rings. The molecule has 2 atom stereocenters. The lowest BCUT2D eigenvalue weighted by Gasteiger charge is -2.34. The van der Waals surface area contributed by atoms with E-state index in [4.69, 9.17) is 4.74 Å². The van der Waals surface area contributed by atoms with Crippen LogP contribution >= 0.6 is 0 Å². The first-order valence-electron chi connectivity index (χ1n) is 10.4. The Morgan fingerprint density at radius 2 is 1.71 bits per heavy atom. The molecule has 3 rings (SSSR count). The molecule has 0 unspecified atom stereocenters. The molecule has 1 fully saturated rings. The first-order valence-corrected chi connectivity index (χ1v) is 10.4. The first kappa shape index (κ1) is 20.4. The van der Waals surface area contributed by atoms with Gasteiger partial charge in [-0.05, 0) is 49.4 Å². The van der Waals surface area contributed by atoms with Crippen LogP contribution < -0.4 is 10.1 Å². The van der Waals surface area contributed by atoms with Gasteiger partial charge in [0.05, 0.1) is 0 Å². The molecule has 0 radical (unpaired) electrons. The quantitative estimate of drug-likeness (QED) is 0.692. The Kier molecular flexibility index (Phi) is 7.49. The van der Waals surface area contributed by atoms with E-state index < -0.39 is 0 Å². The summed E-state index contributed by atoms with van der Waals surface area (Å²) in [5.74, 6) is 2.33. The fraction of sp³-hybridized carbons (Fsp3) is 0.458. The van der Waals surface area contributed by atoms with E-state index in [1.807, 2.05) is 54.6 Å². The number of ether oxygens (including phenoxy) is 1. The smallest absolute Gasteiger partial charge is 0.251 e. The molecule has 1 N–H and O–H groups in total.